The van der Waals surface area contributed by atoms with Crippen molar-refractivity contribution in [3.63, 3.8) is 0 Å². The number of carbonyl (C=O) groups is 1. The maximum Gasteiger partial charge on any atom is 0.273 e. The summed E-state index contributed by atoms with van der Waals surface area (Å²) in [5, 5.41) is 8.94. The van der Waals surface area contributed by atoms with Gasteiger partial charge in [-0.1, -0.05) is 18.2 Å². The minimum Gasteiger partial charge on any atom is -0.384 e. The number of hydrogen-bond acceptors (Lipinski definition) is 7. The molecule has 0 spiro atoms. The summed E-state index contributed by atoms with van der Waals surface area (Å²) < 4.78 is 26.6. The molecule has 0 radical (unpaired) electrons. The molecule has 9 nitrogen and oxygen atoms in total. The van der Waals surface area contributed by atoms with Crippen molar-refractivity contribution < 1.29 is 13.2 Å². The normalized spacial score (nSPS) is 15.5. The Morgan fingerprint density at radius 2 is 1.75 bits per heavy atom. The highest BCUT2D eigenvalue weighted by Gasteiger charge is 2.25. The van der Waals surface area contributed by atoms with E-state index in [1.807, 2.05) is 18.2 Å². The smallest absolute Gasteiger partial charge is 0.273 e. The number of hydrogen-bond donors (Lipinski definition) is 1. The van der Waals surface area contributed by atoms with Crippen molar-refractivity contribution in [3.05, 3.63) is 78.6 Å². The lowest BCUT2D eigenvalue weighted by Gasteiger charge is -2.17. The van der Waals surface area contributed by atoms with Crippen LogP contribution in [0, 0.1) is 5.92 Å². The van der Waals surface area contributed by atoms with Crippen molar-refractivity contribution in [3.8, 4) is 0 Å². The van der Waals surface area contributed by atoms with Crippen LogP contribution in [0.25, 0.3) is 0 Å². The molecule has 2 aromatic carbocycles. The van der Waals surface area contributed by atoms with Gasteiger partial charge in [-0.3, -0.25) is 4.79 Å². The molecule has 32 heavy (non-hydrogen) atoms. The molecule has 1 amide bonds. The summed E-state index contributed by atoms with van der Waals surface area (Å²) >= 11 is 0. The second kappa shape index (κ2) is 9.15. The average Bonchev–Trinajstić information content (AvgIpc) is 3.32. The van der Waals surface area contributed by atoms with E-state index in [9.17, 15) is 13.2 Å². The van der Waals surface area contributed by atoms with E-state index in [-0.39, 0.29) is 22.7 Å². The predicted octanol–water partition coefficient (Wildman–Crippen LogP) is 2.47. The molecule has 1 aromatic heterocycles. The van der Waals surface area contributed by atoms with E-state index < -0.39 is 10.0 Å². The Balaban J connectivity index is 1.34. The molecule has 1 unspecified atom stereocenters. The van der Waals surface area contributed by atoms with Gasteiger partial charge in [0.25, 0.3) is 15.9 Å². The number of hydrazone groups is 1. The van der Waals surface area contributed by atoms with E-state index >= 15 is 0 Å². The fourth-order valence-corrected chi connectivity index (χ4v) is 4.29. The maximum absolute atomic E-state index is 12.8. The van der Waals surface area contributed by atoms with Gasteiger partial charge in [0.2, 0.25) is 5.95 Å². The van der Waals surface area contributed by atoms with Gasteiger partial charge in [-0.25, -0.2) is 27.7 Å². The molecule has 10 heteroatoms. The van der Waals surface area contributed by atoms with Gasteiger partial charge in [-0.2, -0.15) is 5.10 Å². The summed E-state index contributed by atoms with van der Waals surface area (Å²) in [6, 6.07) is 17.1. The Morgan fingerprint density at radius 1 is 1.06 bits per heavy atom. The van der Waals surface area contributed by atoms with Crippen LogP contribution in [0.2, 0.25) is 0 Å². The zero-order valence-electron chi connectivity index (χ0n) is 17.4. The summed E-state index contributed by atoms with van der Waals surface area (Å²) in [6.45, 7) is 1.04. The lowest BCUT2D eigenvalue weighted by molar-refractivity contribution is 0.0769. The third kappa shape index (κ3) is 4.59. The first-order valence-corrected chi connectivity index (χ1v) is 11.4. The van der Waals surface area contributed by atoms with E-state index in [1.54, 1.807) is 36.5 Å². The van der Waals surface area contributed by atoms with Gasteiger partial charge >= 0.3 is 0 Å². The predicted molar refractivity (Wildman–Crippen MR) is 122 cm³/mol. The Labute approximate surface area is 186 Å². The molecule has 1 aliphatic rings. The molecule has 1 atom stereocenters. The summed E-state index contributed by atoms with van der Waals surface area (Å²) in [4.78, 5) is 20.6. The summed E-state index contributed by atoms with van der Waals surface area (Å²) in [7, 11) is -2.35. The molecule has 0 saturated heterocycles. The quantitative estimate of drug-likeness (QED) is 0.593. The second-order valence-electron chi connectivity index (χ2n) is 7.20. The molecule has 0 saturated carbocycles. The summed E-state index contributed by atoms with van der Waals surface area (Å²) in [6.07, 6.45) is 4.73. The SMILES string of the molecule is CN(c1ncccn1)S(=O)(=O)c1ccc(NCC2C=NN(C(=O)c3ccccc3)C2)cc1. The van der Waals surface area contributed by atoms with E-state index in [1.165, 1.54) is 36.6 Å². The highest BCUT2D eigenvalue weighted by molar-refractivity contribution is 7.92. The molecule has 3 aromatic rings. The van der Waals surface area contributed by atoms with Gasteiger partial charge in [-0.05, 0) is 42.5 Å². The third-order valence-corrected chi connectivity index (χ3v) is 6.75. The lowest BCUT2D eigenvalue weighted by Crippen LogP contribution is -2.28. The third-order valence-electron chi connectivity index (χ3n) is 4.99. The Morgan fingerprint density at radius 3 is 2.44 bits per heavy atom. The molecular weight excluding hydrogens is 428 g/mol. The number of benzene rings is 2. The number of rotatable bonds is 7. The number of anilines is 2. The minimum absolute atomic E-state index is 0.0486. The van der Waals surface area contributed by atoms with Crippen LogP contribution in [0.4, 0.5) is 11.6 Å². The molecule has 164 valence electrons. The van der Waals surface area contributed by atoms with Crippen molar-refractivity contribution in [2.45, 2.75) is 4.90 Å². The fraction of sp³-hybridized carbons (Fsp3) is 0.182. The van der Waals surface area contributed by atoms with Gasteiger partial charge in [0.1, 0.15) is 0 Å². The topological polar surface area (TPSA) is 108 Å². The number of sulfonamides is 1. The number of carbonyl (C=O) groups excluding carboxylic acids is 1. The van der Waals surface area contributed by atoms with Crippen LogP contribution >= 0.6 is 0 Å². The van der Waals surface area contributed by atoms with Crippen molar-refractivity contribution in [1.82, 2.24) is 15.0 Å². The maximum atomic E-state index is 12.8. The first-order chi connectivity index (χ1) is 15.4. The lowest BCUT2D eigenvalue weighted by atomic mass is 10.1. The molecule has 0 bridgehead atoms. The van der Waals surface area contributed by atoms with Crippen molar-refractivity contribution in [2.75, 3.05) is 29.8 Å². The van der Waals surface area contributed by atoms with E-state index in [0.29, 0.717) is 18.7 Å². The van der Waals surface area contributed by atoms with Crippen LogP contribution in [0.15, 0.2) is 83.1 Å². The Bertz CT molecular complexity index is 1200. The molecule has 1 N–H and O–H groups in total. The number of aromatic nitrogens is 2. The standard InChI is InChI=1S/C22H22N6O3S/c1-27(22-23-12-5-13-24-22)32(30,31)20-10-8-19(9-11-20)25-14-17-15-26-28(16-17)21(29)18-6-3-2-4-7-18/h2-13,15,17,25H,14,16H2,1H3. The zero-order chi connectivity index (χ0) is 22.6. The van der Waals surface area contributed by atoms with Crippen LogP contribution < -0.4 is 9.62 Å². The Hall–Kier alpha value is -3.79. The van der Waals surface area contributed by atoms with Crippen LogP contribution in [0.3, 0.4) is 0 Å². The molecule has 4 rings (SSSR count). The van der Waals surface area contributed by atoms with Crippen molar-refractivity contribution in [2.24, 2.45) is 11.0 Å². The van der Waals surface area contributed by atoms with Gasteiger partial charge < -0.3 is 5.32 Å². The number of nitrogens with zero attached hydrogens (tertiary/aromatic N) is 5. The van der Waals surface area contributed by atoms with E-state index in [2.05, 4.69) is 20.4 Å². The largest absolute Gasteiger partial charge is 0.384 e. The van der Waals surface area contributed by atoms with E-state index in [0.717, 1.165) is 9.99 Å². The van der Waals surface area contributed by atoms with E-state index in [4.69, 9.17) is 0 Å². The van der Waals surface area contributed by atoms with Gasteiger partial charge in [-0.15, -0.1) is 0 Å². The van der Waals surface area contributed by atoms with Crippen molar-refractivity contribution in [1.29, 1.82) is 0 Å². The van der Waals surface area contributed by atoms with Crippen LogP contribution in [0.1, 0.15) is 10.4 Å². The molecule has 0 aliphatic carbocycles. The molecule has 1 aliphatic heterocycles. The zero-order valence-corrected chi connectivity index (χ0v) is 18.2. The van der Waals surface area contributed by atoms with Gasteiger partial charge in [0.05, 0.1) is 11.4 Å². The number of amides is 1. The fourth-order valence-electron chi connectivity index (χ4n) is 3.19. The molecule has 0 fully saturated rings. The monoisotopic (exact) mass is 450 g/mol. The number of nitrogens with one attached hydrogen (secondary N) is 1. The van der Waals surface area contributed by atoms with Gasteiger partial charge in [0, 0.05) is 49.4 Å². The minimum atomic E-state index is -3.77. The first kappa shape index (κ1) is 21.4. The summed E-state index contributed by atoms with van der Waals surface area (Å²) in [5.41, 5.74) is 1.37. The Kier molecular flexibility index (Phi) is 6.13. The average molecular weight is 451 g/mol. The highest BCUT2D eigenvalue weighted by Crippen LogP contribution is 2.21. The molecule has 2 heterocycles. The van der Waals surface area contributed by atoms with Crippen molar-refractivity contribution >= 4 is 33.8 Å². The van der Waals surface area contributed by atoms with Crippen LogP contribution in [-0.2, 0) is 10.0 Å². The molecular formula is C22H22N6O3S. The van der Waals surface area contributed by atoms with Crippen LogP contribution in [-0.4, -0.2) is 55.7 Å². The first-order valence-electron chi connectivity index (χ1n) is 9.96. The highest BCUT2D eigenvalue weighted by atomic mass is 32.2. The summed E-state index contributed by atoms with van der Waals surface area (Å²) in [5.74, 6) is 0.0164. The second-order valence-corrected chi connectivity index (χ2v) is 9.17. The van der Waals surface area contributed by atoms with Crippen LogP contribution in [0.5, 0.6) is 0 Å². The van der Waals surface area contributed by atoms with Gasteiger partial charge in [0.15, 0.2) is 0 Å².